The molecule has 0 atom stereocenters. The number of anilines is 2. The van der Waals surface area contributed by atoms with Gasteiger partial charge in [0, 0.05) is 30.7 Å². The third-order valence-corrected chi connectivity index (χ3v) is 3.70. The summed E-state index contributed by atoms with van der Waals surface area (Å²) in [4.78, 5) is 11.1. The number of nitrogens with one attached hydrogen (secondary N) is 1. The van der Waals surface area contributed by atoms with Crippen molar-refractivity contribution in [3.05, 3.63) is 46.7 Å². The maximum absolute atomic E-state index is 6.17. The second-order valence-electron chi connectivity index (χ2n) is 4.78. The normalized spacial score (nSPS) is 10.5. The van der Waals surface area contributed by atoms with Gasteiger partial charge in [-0.05, 0) is 32.4 Å². The monoisotopic (exact) mass is 304 g/mol. The van der Waals surface area contributed by atoms with Crippen molar-refractivity contribution in [2.45, 2.75) is 27.3 Å². The van der Waals surface area contributed by atoms with Crippen molar-refractivity contribution in [3.63, 3.8) is 0 Å². The van der Waals surface area contributed by atoms with E-state index in [4.69, 9.17) is 11.6 Å². The number of benzene rings is 1. The molecule has 0 aliphatic heterocycles. The van der Waals surface area contributed by atoms with Gasteiger partial charge in [-0.3, -0.25) is 0 Å². The van der Waals surface area contributed by atoms with E-state index in [0.29, 0.717) is 6.54 Å². The molecular formula is C16H21ClN4. The Bertz CT molecular complexity index is 597. The van der Waals surface area contributed by atoms with Crippen molar-refractivity contribution in [2.24, 2.45) is 0 Å². The van der Waals surface area contributed by atoms with Crippen molar-refractivity contribution < 1.29 is 0 Å². The fourth-order valence-corrected chi connectivity index (χ4v) is 2.38. The zero-order valence-corrected chi connectivity index (χ0v) is 13.5. The SMILES string of the molecule is CCN(CC)c1cc(NCc2ccccc2Cl)nc(C)n1. The number of halogens is 1. The average molecular weight is 305 g/mol. The third kappa shape index (κ3) is 4.08. The Morgan fingerprint density at radius 2 is 1.86 bits per heavy atom. The Balaban J connectivity index is 2.15. The van der Waals surface area contributed by atoms with E-state index in [1.54, 1.807) is 0 Å². The maximum Gasteiger partial charge on any atom is 0.134 e. The molecule has 0 aliphatic rings. The Morgan fingerprint density at radius 1 is 1.14 bits per heavy atom. The van der Waals surface area contributed by atoms with Gasteiger partial charge in [-0.15, -0.1) is 0 Å². The standard InChI is InChI=1S/C16H21ClN4/c1-4-21(5-2)16-10-15(19-12(3)20-16)18-11-13-8-6-7-9-14(13)17/h6-10H,4-5,11H2,1-3H3,(H,18,19,20). The Labute approximate surface area is 131 Å². The van der Waals surface area contributed by atoms with Crippen LogP contribution in [0.15, 0.2) is 30.3 Å². The lowest BCUT2D eigenvalue weighted by Crippen LogP contribution is -2.23. The molecule has 1 heterocycles. The molecule has 4 nitrogen and oxygen atoms in total. The van der Waals surface area contributed by atoms with E-state index < -0.39 is 0 Å². The van der Waals surface area contributed by atoms with Crippen LogP contribution in [0.3, 0.4) is 0 Å². The van der Waals surface area contributed by atoms with Crippen LogP contribution < -0.4 is 10.2 Å². The van der Waals surface area contributed by atoms with Crippen LogP contribution in [0.5, 0.6) is 0 Å². The van der Waals surface area contributed by atoms with Crippen LogP contribution >= 0.6 is 11.6 Å². The van der Waals surface area contributed by atoms with E-state index in [1.165, 1.54) is 0 Å². The van der Waals surface area contributed by atoms with E-state index in [1.807, 2.05) is 37.3 Å². The van der Waals surface area contributed by atoms with Gasteiger partial charge in [0.25, 0.3) is 0 Å². The second-order valence-corrected chi connectivity index (χ2v) is 5.18. The van der Waals surface area contributed by atoms with Crippen molar-refractivity contribution in [1.29, 1.82) is 0 Å². The highest BCUT2D eigenvalue weighted by Gasteiger charge is 2.07. The second kappa shape index (κ2) is 7.27. The summed E-state index contributed by atoms with van der Waals surface area (Å²) in [6.45, 7) is 8.66. The summed E-state index contributed by atoms with van der Waals surface area (Å²) in [5.41, 5.74) is 1.06. The summed E-state index contributed by atoms with van der Waals surface area (Å²) in [6, 6.07) is 9.80. The largest absolute Gasteiger partial charge is 0.366 e. The third-order valence-electron chi connectivity index (χ3n) is 3.33. The molecule has 0 amide bonds. The van der Waals surface area contributed by atoms with Gasteiger partial charge in [0.1, 0.15) is 17.5 Å². The summed E-state index contributed by atoms with van der Waals surface area (Å²) < 4.78 is 0. The molecular weight excluding hydrogens is 284 g/mol. The number of hydrogen-bond acceptors (Lipinski definition) is 4. The van der Waals surface area contributed by atoms with Crippen molar-refractivity contribution >= 4 is 23.2 Å². The minimum absolute atomic E-state index is 0.647. The average Bonchev–Trinajstić information content (AvgIpc) is 2.47. The van der Waals surface area contributed by atoms with E-state index in [2.05, 4.69) is 34.0 Å². The van der Waals surface area contributed by atoms with Crippen LogP contribution in [-0.2, 0) is 6.54 Å². The molecule has 0 fully saturated rings. The first-order valence-electron chi connectivity index (χ1n) is 7.22. The molecule has 5 heteroatoms. The van der Waals surface area contributed by atoms with E-state index in [0.717, 1.165) is 41.1 Å². The number of aromatic nitrogens is 2. The molecule has 0 bridgehead atoms. The van der Waals surface area contributed by atoms with Gasteiger partial charge in [-0.2, -0.15) is 0 Å². The Morgan fingerprint density at radius 3 is 2.52 bits per heavy atom. The fourth-order valence-electron chi connectivity index (χ4n) is 2.18. The first-order chi connectivity index (χ1) is 10.1. The molecule has 0 radical (unpaired) electrons. The van der Waals surface area contributed by atoms with E-state index >= 15 is 0 Å². The molecule has 1 N–H and O–H groups in total. The number of rotatable bonds is 6. The minimum atomic E-state index is 0.647. The highest BCUT2D eigenvalue weighted by atomic mass is 35.5. The molecule has 1 aromatic carbocycles. The lowest BCUT2D eigenvalue weighted by Gasteiger charge is -2.20. The van der Waals surface area contributed by atoms with Gasteiger partial charge >= 0.3 is 0 Å². The predicted octanol–water partition coefficient (Wildman–Crippen LogP) is 3.90. The Hall–Kier alpha value is -1.81. The van der Waals surface area contributed by atoms with Gasteiger partial charge < -0.3 is 10.2 Å². The molecule has 2 aromatic rings. The summed E-state index contributed by atoms with van der Waals surface area (Å²) in [5.74, 6) is 2.54. The lowest BCUT2D eigenvalue weighted by molar-refractivity contribution is 0.834. The highest BCUT2D eigenvalue weighted by Crippen LogP contribution is 2.19. The molecule has 1 aromatic heterocycles. The van der Waals surface area contributed by atoms with Crippen molar-refractivity contribution in [1.82, 2.24) is 9.97 Å². The number of aryl methyl sites for hydroxylation is 1. The van der Waals surface area contributed by atoms with Crippen LogP contribution in [0.25, 0.3) is 0 Å². The molecule has 112 valence electrons. The molecule has 0 aliphatic carbocycles. The fraction of sp³-hybridized carbons (Fsp3) is 0.375. The number of nitrogens with zero attached hydrogens (tertiary/aromatic N) is 3. The van der Waals surface area contributed by atoms with Crippen molar-refractivity contribution in [3.8, 4) is 0 Å². The van der Waals surface area contributed by atoms with Gasteiger partial charge in [0.05, 0.1) is 0 Å². The zero-order chi connectivity index (χ0) is 15.2. The zero-order valence-electron chi connectivity index (χ0n) is 12.7. The first-order valence-corrected chi connectivity index (χ1v) is 7.59. The van der Waals surface area contributed by atoms with Gasteiger partial charge in [0.2, 0.25) is 0 Å². The lowest BCUT2D eigenvalue weighted by atomic mass is 10.2. The molecule has 0 saturated carbocycles. The molecule has 0 unspecified atom stereocenters. The quantitative estimate of drug-likeness (QED) is 0.879. The highest BCUT2D eigenvalue weighted by molar-refractivity contribution is 6.31. The van der Waals surface area contributed by atoms with E-state index in [9.17, 15) is 0 Å². The van der Waals surface area contributed by atoms with Gasteiger partial charge in [0.15, 0.2) is 0 Å². The van der Waals surface area contributed by atoms with Gasteiger partial charge in [-0.25, -0.2) is 9.97 Å². The smallest absolute Gasteiger partial charge is 0.134 e. The number of hydrogen-bond donors (Lipinski definition) is 1. The molecule has 21 heavy (non-hydrogen) atoms. The van der Waals surface area contributed by atoms with Gasteiger partial charge in [-0.1, -0.05) is 29.8 Å². The van der Waals surface area contributed by atoms with Crippen LogP contribution in [0.2, 0.25) is 5.02 Å². The van der Waals surface area contributed by atoms with Crippen LogP contribution in [0, 0.1) is 6.92 Å². The van der Waals surface area contributed by atoms with Crippen molar-refractivity contribution in [2.75, 3.05) is 23.3 Å². The van der Waals surface area contributed by atoms with Crippen LogP contribution in [0.4, 0.5) is 11.6 Å². The minimum Gasteiger partial charge on any atom is -0.366 e. The predicted molar refractivity (Wildman–Crippen MR) is 89.1 cm³/mol. The summed E-state index contributed by atoms with van der Waals surface area (Å²) >= 11 is 6.17. The van der Waals surface area contributed by atoms with Crippen LogP contribution in [0.1, 0.15) is 25.2 Å². The summed E-state index contributed by atoms with van der Waals surface area (Å²) in [5, 5.41) is 4.09. The topological polar surface area (TPSA) is 41.0 Å². The first kappa shape index (κ1) is 15.6. The molecule has 0 saturated heterocycles. The van der Waals surface area contributed by atoms with Crippen LogP contribution in [-0.4, -0.2) is 23.1 Å². The maximum atomic E-state index is 6.17. The van der Waals surface area contributed by atoms with E-state index in [-0.39, 0.29) is 0 Å². The summed E-state index contributed by atoms with van der Waals surface area (Å²) in [7, 11) is 0. The molecule has 0 spiro atoms. The molecule has 2 rings (SSSR count). The summed E-state index contributed by atoms with van der Waals surface area (Å²) in [6.07, 6.45) is 0. The Kier molecular flexibility index (Phi) is 5.39.